The molecule has 1 aromatic rings. The molecule has 1 unspecified atom stereocenters. The second kappa shape index (κ2) is 8.59. The zero-order chi connectivity index (χ0) is 19.3. The minimum Gasteiger partial charge on any atom is -0.383 e. The number of hydrogen-bond donors (Lipinski definition) is 3. The fraction of sp³-hybridized carbons (Fsp3) is 0.667. The van der Waals surface area contributed by atoms with E-state index in [1.54, 1.807) is 0 Å². The number of guanidine groups is 1. The van der Waals surface area contributed by atoms with Crippen molar-refractivity contribution in [2.45, 2.75) is 44.8 Å². The van der Waals surface area contributed by atoms with E-state index in [1.165, 1.54) is 5.56 Å². The molecule has 1 aliphatic carbocycles. The van der Waals surface area contributed by atoms with E-state index in [9.17, 15) is 5.11 Å². The van der Waals surface area contributed by atoms with Gasteiger partial charge in [0, 0.05) is 25.2 Å². The monoisotopic (exact) mass is 374 g/mol. The number of ether oxygens (including phenoxy) is 1. The van der Waals surface area contributed by atoms with Gasteiger partial charge in [0.15, 0.2) is 5.96 Å². The third kappa shape index (κ3) is 4.81. The third-order valence-electron chi connectivity index (χ3n) is 5.71. The first-order chi connectivity index (χ1) is 12.9. The fourth-order valence-electron chi connectivity index (χ4n) is 3.96. The van der Waals surface area contributed by atoms with Crippen LogP contribution >= 0.6 is 0 Å². The van der Waals surface area contributed by atoms with Gasteiger partial charge in [-0.1, -0.05) is 24.3 Å². The molecular weight excluding hydrogens is 340 g/mol. The molecular formula is C21H34N4O2. The molecule has 3 rings (SSSR count). The predicted octanol–water partition coefficient (Wildman–Crippen LogP) is 1.49. The summed E-state index contributed by atoms with van der Waals surface area (Å²) in [5, 5.41) is 17.8. The summed E-state index contributed by atoms with van der Waals surface area (Å²) in [5.74, 6) is 0.761. The Morgan fingerprint density at radius 1 is 1.26 bits per heavy atom. The molecule has 1 heterocycles. The topological polar surface area (TPSA) is 69.1 Å². The van der Waals surface area contributed by atoms with E-state index in [0.29, 0.717) is 13.1 Å². The lowest BCUT2D eigenvalue weighted by Crippen LogP contribution is -2.52. The Hall–Kier alpha value is -1.63. The summed E-state index contributed by atoms with van der Waals surface area (Å²) in [4.78, 5) is 7.24. The summed E-state index contributed by atoms with van der Waals surface area (Å²) >= 11 is 0. The summed E-state index contributed by atoms with van der Waals surface area (Å²) in [7, 11) is 0. The molecule has 6 heteroatoms. The van der Waals surface area contributed by atoms with Crippen molar-refractivity contribution in [2.24, 2.45) is 4.99 Å². The molecule has 1 aromatic carbocycles. The van der Waals surface area contributed by atoms with E-state index in [1.807, 2.05) is 18.2 Å². The highest BCUT2D eigenvalue weighted by Crippen LogP contribution is 2.36. The number of benzene rings is 1. The highest BCUT2D eigenvalue weighted by molar-refractivity contribution is 5.80. The van der Waals surface area contributed by atoms with Crippen LogP contribution in [0.15, 0.2) is 29.3 Å². The molecule has 6 nitrogen and oxygen atoms in total. The zero-order valence-electron chi connectivity index (χ0n) is 16.9. The Morgan fingerprint density at radius 3 is 2.74 bits per heavy atom. The molecule has 1 saturated heterocycles. The van der Waals surface area contributed by atoms with Gasteiger partial charge in [-0.15, -0.1) is 0 Å². The van der Waals surface area contributed by atoms with Gasteiger partial charge in [0.05, 0.1) is 26.3 Å². The van der Waals surface area contributed by atoms with Gasteiger partial charge in [-0.05, 0) is 44.7 Å². The Kier molecular flexibility index (Phi) is 6.40. The average Bonchev–Trinajstić information content (AvgIpc) is 3.02. The van der Waals surface area contributed by atoms with Crippen LogP contribution in [-0.2, 0) is 16.8 Å². The molecule has 1 fully saturated rings. The SMILES string of the molecule is CCNC(=NCC(C)(C)N1CCOCC1)NCC1(O)CCc2ccccc21. The number of aliphatic imine (C=N–C) groups is 1. The molecule has 0 amide bonds. The summed E-state index contributed by atoms with van der Waals surface area (Å²) in [6, 6.07) is 8.18. The van der Waals surface area contributed by atoms with E-state index >= 15 is 0 Å². The van der Waals surface area contributed by atoms with Crippen LogP contribution in [0.3, 0.4) is 0 Å². The maximum Gasteiger partial charge on any atom is 0.191 e. The van der Waals surface area contributed by atoms with Crippen LogP contribution in [0.5, 0.6) is 0 Å². The summed E-state index contributed by atoms with van der Waals surface area (Å²) in [6.45, 7) is 11.9. The molecule has 1 aliphatic heterocycles. The Bertz CT molecular complexity index is 655. The Morgan fingerprint density at radius 2 is 2.00 bits per heavy atom. The maximum atomic E-state index is 11.1. The van der Waals surface area contributed by atoms with Crippen molar-refractivity contribution in [3.05, 3.63) is 35.4 Å². The number of nitrogens with one attached hydrogen (secondary N) is 2. The standard InChI is InChI=1S/C21H34N4O2/c1-4-22-19(23-15-20(2,3)25-11-13-27-14-12-25)24-16-21(26)10-9-17-7-5-6-8-18(17)21/h5-8,26H,4,9-16H2,1-3H3,(H2,22,23,24). The minimum absolute atomic E-state index is 0.0248. The van der Waals surface area contributed by atoms with Crippen LogP contribution in [0.4, 0.5) is 0 Å². The Balaban J connectivity index is 1.63. The van der Waals surface area contributed by atoms with E-state index in [0.717, 1.165) is 57.2 Å². The molecule has 27 heavy (non-hydrogen) atoms. The van der Waals surface area contributed by atoms with Crippen molar-refractivity contribution in [3.63, 3.8) is 0 Å². The van der Waals surface area contributed by atoms with E-state index in [2.05, 4.69) is 42.4 Å². The van der Waals surface area contributed by atoms with Crippen LogP contribution in [-0.4, -0.2) is 67.4 Å². The van der Waals surface area contributed by atoms with Gasteiger partial charge in [-0.25, -0.2) is 0 Å². The number of rotatable bonds is 6. The van der Waals surface area contributed by atoms with E-state index in [-0.39, 0.29) is 5.54 Å². The van der Waals surface area contributed by atoms with Gasteiger partial charge >= 0.3 is 0 Å². The summed E-state index contributed by atoms with van der Waals surface area (Å²) < 4.78 is 5.46. The quantitative estimate of drug-likeness (QED) is 0.520. The van der Waals surface area contributed by atoms with Crippen LogP contribution in [0, 0.1) is 0 Å². The zero-order valence-corrected chi connectivity index (χ0v) is 16.9. The molecule has 0 radical (unpaired) electrons. The number of aryl methyl sites for hydroxylation is 1. The van der Waals surface area contributed by atoms with Crippen molar-refractivity contribution < 1.29 is 9.84 Å². The van der Waals surface area contributed by atoms with Gasteiger partial charge in [0.2, 0.25) is 0 Å². The third-order valence-corrected chi connectivity index (χ3v) is 5.71. The van der Waals surface area contributed by atoms with Crippen LogP contribution < -0.4 is 10.6 Å². The first kappa shape index (κ1) is 20.1. The lowest BCUT2D eigenvalue weighted by atomic mass is 9.96. The molecule has 0 bridgehead atoms. The van der Waals surface area contributed by atoms with Crippen molar-refractivity contribution in [2.75, 3.05) is 45.9 Å². The maximum absolute atomic E-state index is 11.1. The van der Waals surface area contributed by atoms with Gasteiger partial charge in [-0.2, -0.15) is 0 Å². The molecule has 0 spiro atoms. The second-order valence-electron chi connectivity index (χ2n) is 8.15. The van der Waals surface area contributed by atoms with Crippen LogP contribution in [0.2, 0.25) is 0 Å². The first-order valence-corrected chi connectivity index (χ1v) is 10.1. The summed E-state index contributed by atoms with van der Waals surface area (Å²) in [6.07, 6.45) is 1.67. The number of fused-ring (bicyclic) bond motifs is 1. The molecule has 2 aliphatic rings. The molecule has 0 aromatic heterocycles. The fourth-order valence-corrected chi connectivity index (χ4v) is 3.96. The van der Waals surface area contributed by atoms with Gasteiger partial charge in [0.25, 0.3) is 0 Å². The number of morpholine rings is 1. The van der Waals surface area contributed by atoms with E-state index in [4.69, 9.17) is 9.73 Å². The van der Waals surface area contributed by atoms with Crippen molar-refractivity contribution in [3.8, 4) is 0 Å². The van der Waals surface area contributed by atoms with Crippen molar-refractivity contribution >= 4 is 5.96 Å². The Labute approximate surface area is 163 Å². The smallest absolute Gasteiger partial charge is 0.191 e. The van der Waals surface area contributed by atoms with Crippen molar-refractivity contribution in [1.82, 2.24) is 15.5 Å². The van der Waals surface area contributed by atoms with Gasteiger partial charge in [0.1, 0.15) is 5.60 Å². The number of nitrogens with zero attached hydrogens (tertiary/aromatic N) is 2. The van der Waals surface area contributed by atoms with Crippen LogP contribution in [0.25, 0.3) is 0 Å². The number of hydrogen-bond acceptors (Lipinski definition) is 4. The highest BCUT2D eigenvalue weighted by Gasteiger charge is 2.36. The average molecular weight is 375 g/mol. The van der Waals surface area contributed by atoms with Gasteiger partial charge in [-0.3, -0.25) is 9.89 Å². The molecule has 0 saturated carbocycles. The van der Waals surface area contributed by atoms with Crippen LogP contribution in [0.1, 0.15) is 38.3 Å². The second-order valence-corrected chi connectivity index (χ2v) is 8.15. The normalized spacial score (nSPS) is 23.9. The summed E-state index contributed by atoms with van der Waals surface area (Å²) in [5.41, 5.74) is 1.44. The lowest BCUT2D eigenvalue weighted by Gasteiger charge is -2.40. The largest absolute Gasteiger partial charge is 0.383 e. The van der Waals surface area contributed by atoms with Crippen molar-refractivity contribution in [1.29, 1.82) is 0 Å². The molecule has 1 atom stereocenters. The predicted molar refractivity (Wildman–Crippen MR) is 109 cm³/mol. The minimum atomic E-state index is -0.827. The van der Waals surface area contributed by atoms with Gasteiger partial charge < -0.3 is 20.5 Å². The molecule has 150 valence electrons. The highest BCUT2D eigenvalue weighted by atomic mass is 16.5. The first-order valence-electron chi connectivity index (χ1n) is 10.1. The molecule has 3 N–H and O–H groups in total. The van der Waals surface area contributed by atoms with E-state index < -0.39 is 5.60 Å². The number of aliphatic hydroxyl groups is 1. The lowest BCUT2D eigenvalue weighted by molar-refractivity contribution is -0.00686.